The molecule has 20 heavy (non-hydrogen) atoms. The Morgan fingerprint density at radius 3 is 2.45 bits per heavy atom. The second-order valence-corrected chi connectivity index (χ2v) is 5.25. The van der Waals surface area contributed by atoms with Gasteiger partial charge in [0.15, 0.2) is 11.5 Å². The number of ether oxygens (including phenoxy) is 2. The Labute approximate surface area is 123 Å². The van der Waals surface area contributed by atoms with Gasteiger partial charge in [0.05, 0.1) is 17.1 Å². The highest BCUT2D eigenvalue weighted by atomic mass is 79.9. The molecule has 3 N–H and O–H groups in total. The Kier molecular flexibility index (Phi) is 3.40. The van der Waals surface area contributed by atoms with Gasteiger partial charge in [-0.3, -0.25) is 0 Å². The second kappa shape index (κ2) is 5.20. The summed E-state index contributed by atoms with van der Waals surface area (Å²) in [5, 5.41) is 2.96. The third-order valence-electron chi connectivity index (χ3n) is 2.91. The minimum atomic E-state index is -0.367. The summed E-state index contributed by atoms with van der Waals surface area (Å²) in [4.78, 5) is 0. The molecule has 0 bridgehead atoms. The predicted octanol–water partition coefficient (Wildman–Crippen LogP) is 3.69. The molecule has 3 rings (SSSR count). The van der Waals surface area contributed by atoms with Gasteiger partial charge in [-0.05, 0) is 18.2 Å². The largest absolute Gasteiger partial charge is 0.486 e. The molecule has 1 heterocycles. The first-order valence-corrected chi connectivity index (χ1v) is 6.84. The van der Waals surface area contributed by atoms with Gasteiger partial charge in [0.2, 0.25) is 0 Å². The lowest BCUT2D eigenvalue weighted by molar-refractivity contribution is 0.172. The summed E-state index contributed by atoms with van der Waals surface area (Å²) < 4.78 is 25.4. The maximum atomic E-state index is 13.8. The van der Waals surface area contributed by atoms with E-state index in [4.69, 9.17) is 15.2 Å². The first-order chi connectivity index (χ1) is 9.63. The summed E-state index contributed by atoms with van der Waals surface area (Å²) in [5.41, 5.74) is 7.33. The molecule has 0 saturated carbocycles. The highest BCUT2D eigenvalue weighted by molar-refractivity contribution is 9.10. The number of rotatable bonds is 2. The molecule has 104 valence electrons. The first-order valence-electron chi connectivity index (χ1n) is 6.04. The van der Waals surface area contributed by atoms with Crippen LogP contribution in [0.3, 0.4) is 0 Å². The van der Waals surface area contributed by atoms with Crippen LogP contribution in [0.4, 0.5) is 21.5 Å². The lowest BCUT2D eigenvalue weighted by Crippen LogP contribution is -2.15. The number of hydrogen-bond donors (Lipinski definition) is 2. The standard InChI is InChI=1S/C14H12BrFN2O2/c15-8-1-2-11(9(16)5-8)18-12-7-14-13(6-10(12)17)19-3-4-20-14/h1-2,5-7,18H,3-4,17H2. The number of nitrogen functional groups attached to an aromatic ring is 1. The number of fused-ring (bicyclic) bond motifs is 1. The summed E-state index contributed by atoms with van der Waals surface area (Å²) in [6.07, 6.45) is 0. The number of nitrogens with two attached hydrogens (primary N) is 1. The molecule has 0 fully saturated rings. The molecule has 6 heteroatoms. The van der Waals surface area contributed by atoms with Gasteiger partial charge in [0.1, 0.15) is 19.0 Å². The lowest BCUT2D eigenvalue weighted by atomic mass is 10.2. The third kappa shape index (κ3) is 2.51. The van der Waals surface area contributed by atoms with Crippen LogP contribution in [0.2, 0.25) is 0 Å². The van der Waals surface area contributed by atoms with Crippen molar-refractivity contribution >= 4 is 33.0 Å². The zero-order valence-corrected chi connectivity index (χ0v) is 12.0. The summed E-state index contributed by atoms with van der Waals surface area (Å²) in [6.45, 7) is 0.990. The second-order valence-electron chi connectivity index (χ2n) is 4.33. The van der Waals surface area contributed by atoms with Crippen LogP contribution in [-0.2, 0) is 0 Å². The zero-order valence-electron chi connectivity index (χ0n) is 10.5. The van der Waals surface area contributed by atoms with E-state index in [1.54, 1.807) is 24.3 Å². The molecule has 1 aliphatic rings. The number of benzene rings is 2. The van der Waals surface area contributed by atoms with E-state index >= 15 is 0 Å². The molecule has 0 amide bonds. The fraction of sp³-hybridized carbons (Fsp3) is 0.143. The smallest absolute Gasteiger partial charge is 0.163 e. The van der Waals surface area contributed by atoms with Gasteiger partial charge >= 0.3 is 0 Å². The van der Waals surface area contributed by atoms with E-state index in [-0.39, 0.29) is 5.82 Å². The van der Waals surface area contributed by atoms with Crippen LogP contribution >= 0.6 is 15.9 Å². The zero-order chi connectivity index (χ0) is 14.1. The van der Waals surface area contributed by atoms with Crippen LogP contribution < -0.4 is 20.5 Å². The summed E-state index contributed by atoms with van der Waals surface area (Å²) in [7, 11) is 0. The molecule has 0 atom stereocenters. The molecule has 0 aromatic heterocycles. The van der Waals surface area contributed by atoms with Crippen molar-refractivity contribution in [2.24, 2.45) is 0 Å². The Morgan fingerprint density at radius 1 is 1.05 bits per heavy atom. The van der Waals surface area contributed by atoms with Crippen LogP contribution in [-0.4, -0.2) is 13.2 Å². The maximum absolute atomic E-state index is 13.8. The highest BCUT2D eigenvalue weighted by Gasteiger charge is 2.15. The van der Waals surface area contributed by atoms with Crippen LogP contribution in [0.1, 0.15) is 0 Å². The molecule has 2 aromatic carbocycles. The highest BCUT2D eigenvalue weighted by Crippen LogP contribution is 2.38. The van der Waals surface area contributed by atoms with Crippen molar-refractivity contribution < 1.29 is 13.9 Å². The van der Waals surface area contributed by atoms with Crippen molar-refractivity contribution in [3.63, 3.8) is 0 Å². The van der Waals surface area contributed by atoms with Gasteiger partial charge in [0, 0.05) is 16.6 Å². The Balaban J connectivity index is 1.94. The monoisotopic (exact) mass is 338 g/mol. The van der Waals surface area contributed by atoms with Crippen molar-refractivity contribution in [3.8, 4) is 11.5 Å². The molecule has 0 radical (unpaired) electrons. The van der Waals surface area contributed by atoms with E-state index in [2.05, 4.69) is 21.2 Å². The molecule has 0 saturated heterocycles. The van der Waals surface area contributed by atoms with Gasteiger partial charge in [-0.15, -0.1) is 0 Å². The normalized spacial score (nSPS) is 13.1. The van der Waals surface area contributed by atoms with Crippen molar-refractivity contribution in [1.29, 1.82) is 0 Å². The van der Waals surface area contributed by atoms with Crippen LogP contribution in [0, 0.1) is 5.82 Å². The quantitative estimate of drug-likeness (QED) is 0.820. The summed E-state index contributed by atoms with van der Waals surface area (Å²) in [5.74, 6) is 0.842. The average Bonchev–Trinajstić information content (AvgIpc) is 2.42. The Hall–Kier alpha value is -1.95. The predicted molar refractivity (Wildman–Crippen MR) is 79.2 cm³/mol. The summed E-state index contributed by atoms with van der Waals surface area (Å²) in [6, 6.07) is 8.16. The molecule has 4 nitrogen and oxygen atoms in total. The minimum Gasteiger partial charge on any atom is -0.486 e. The van der Waals surface area contributed by atoms with Gasteiger partial charge in [-0.1, -0.05) is 15.9 Å². The van der Waals surface area contributed by atoms with Crippen molar-refractivity contribution in [2.75, 3.05) is 24.3 Å². The van der Waals surface area contributed by atoms with E-state index in [1.807, 2.05) is 0 Å². The van der Waals surface area contributed by atoms with Crippen molar-refractivity contribution in [2.45, 2.75) is 0 Å². The fourth-order valence-corrected chi connectivity index (χ4v) is 2.28. The minimum absolute atomic E-state index is 0.344. The van der Waals surface area contributed by atoms with E-state index < -0.39 is 0 Å². The molecule has 0 unspecified atom stereocenters. The molecular weight excluding hydrogens is 327 g/mol. The third-order valence-corrected chi connectivity index (χ3v) is 3.41. The van der Waals surface area contributed by atoms with Gasteiger partial charge < -0.3 is 20.5 Å². The van der Waals surface area contributed by atoms with Gasteiger partial charge in [-0.25, -0.2) is 4.39 Å². The Morgan fingerprint density at radius 2 is 1.75 bits per heavy atom. The maximum Gasteiger partial charge on any atom is 0.163 e. The van der Waals surface area contributed by atoms with Crippen molar-refractivity contribution in [3.05, 3.63) is 40.6 Å². The first kappa shape index (κ1) is 13.1. The number of halogens is 2. The molecule has 0 spiro atoms. The molecule has 0 aliphatic carbocycles. The number of anilines is 3. The number of nitrogens with one attached hydrogen (secondary N) is 1. The van der Waals surface area contributed by atoms with Crippen LogP contribution in [0.15, 0.2) is 34.8 Å². The fourth-order valence-electron chi connectivity index (χ4n) is 1.95. The molecule has 2 aromatic rings. The van der Waals surface area contributed by atoms with E-state index in [9.17, 15) is 4.39 Å². The lowest BCUT2D eigenvalue weighted by Gasteiger charge is -2.20. The van der Waals surface area contributed by atoms with Crippen molar-refractivity contribution in [1.82, 2.24) is 0 Å². The molecule has 1 aliphatic heterocycles. The average molecular weight is 339 g/mol. The van der Waals surface area contributed by atoms with Gasteiger partial charge in [0.25, 0.3) is 0 Å². The van der Waals surface area contributed by atoms with E-state index in [0.717, 1.165) is 0 Å². The van der Waals surface area contributed by atoms with Crippen LogP contribution in [0.5, 0.6) is 11.5 Å². The topological polar surface area (TPSA) is 56.5 Å². The SMILES string of the molecule is Nc1cc2c(cc1Nc1ccc(Br)cc1F)OCCO2. The summed E-state index contributed by atoms with van der Waals surface area (Å²) >= 11 is 3.22. The number of hydrogen-bond acceptors (Lipinski definition) is 4. The Bertz CT molecular complexity index is 664. The van der Waals surface area contributed by atoms with Gasteiger partial charge in [-0.2, -0.15) is 0 Å². The van der Waals surface area contributed by atoms with E-state index in [1.165, 1.54) is 6.07 Å². The van der Waals surface area contributed by atoms with E-state index in [0.29, 0.717) is 46.2 Å². The van der Waals surface area contributed by atoms with Crippen LogP contribution in [0.25, 0.3) is 0 Å². The molecular formula is C14H12BrFN2O2.